The molecule has 0 unspecified atom stereocenters. The first kappa shape index (κ1) is 18.5. The van der Waals surface area contributed by atoms with Crippen molar-refractivity contribution in [1.29, 1.82) is 0 Å². The molecule has 0 radical (unpaired) electrons. The standard InChI is InChI=1S/C23H26ClNO2/c1-22(2)9-15-20(17(26)11-22)19(13-5-7-14(24)8-6-13)21-16(25-15)10-23(3,4)12-18(21)27/h5-8,19,25H,9-12H2,1-4H3. The zero-order valence-electron chi connectivity index (χ0n) is 16.4. The smallest absolute Gasteiger partial charge is 0.162 e. The molecule has 3 nitrogen and oxygen atoms in total. The molecule has 2 aliphatic carbocycles. The zero-order chi connectivity index (χ0) is 19.6. The Morgan fingerprint density at radius 1 is 0.815 bits per heavy atom. The predicted octanol–water partition coefficient (Wildman–Crippen LogP) is 5.31. The maximum atomic E-state index is 13.1. The molecule has 1 N–H and O–H groups in total. The van der Waals surface area contributed by atoms with Crippen LogP contribution in [-0.4, -0.2) is 11.6 Å². The monoisotopic (exact) mass is 383 g/mol. The summed E-state index contributed by atoms with van der Waals surface area (Å²) in [6.07, 6.45) is 2.67. The third kappa shape index (κ3) is 3.27. The number of Topliss-reactive ketones (excluding diaryl/α,β-unsaturated/α-hetero) is 2. The number of nitrogens with one attached hydrogen (secondary N) is 1. The van der Waals surface area contributed by atoms with E-state index in [0.29, 0.717) is 17.9 Å². The van der Waals surface area contributed by atoms with Crippen molar-refractivity contribution >= 4 is 23.2 Å². The third-order valence-electron chi connectivity index (χ3n) is 5.92. The number of hydrogen-bond donors (Lipinski definition) is 1. The molecule has 1 aromatic carbocycles. The number of carbonyl (C=O) groups excluding carboxylic acids is 2. The van der Waals surface area contributed by atoms with E-state index in [9.17, 15) is 9.59 Å². The van der Waals surface area contributed by atoms with Crippen LogP contribution in [0.5, 0.6) is 0 Å². The summed E-state index contributed by atoms with van der Waals surface area (Å²) in [4.78, 5) is 26.3. The van der Waals surface area contributed by atoms with Crippen LogP contribution < -0.4 is 5.32 Å². The highest BCUT2D eigenvalue weighted by atomic mass is 35.5. The van der Waals surface area contributed by atoms with Gasteiger partial charge in [-0.3, -0.25) is 9.59 Å². The van der Waals surface area contributed by atoms with Gasteiger partial charge in [0.25, 0.3) is 0 Å². The number of halogens is 1. The van der Waals surface area contributed by atoms with Gasteiger partial charge in [0.2, 0.25) is 0 Å². The van der Waals surface area contributed by atoms with E-state index in [1.54, 1.807) is 0 Å². The summed E-state index contributed by atoms with van der Waals surface area (Å²) in [5.41, 5.74) is 4.40. The van der Waals surface area contributed by atoms with Gasteiger partial charge >= 0.3 is 0 Å². The molecule has 142 valence electrons. The molecule has 0 spiro atoms. The molecule has 0 saturated carbocycles. The van der Waals surface area contributed by atoms with Crippen LogP contribution in [0.25, 0.3) is 0 Å². The highest BCUT2D eigenvalue weighted by Gasteiger charge is 2.46. The van der Waals surface area contributed by atoms with Crippen LogP contribution in [0.4, 0.5) is 0 Å². The molecular formula is C23H26ClNO2. The quantitative estimate of drug-likeness (QED) is 0.714. The Balaban J connectivity index is 1.90. The molecule has 3 aliphatic rings. The minimum atomic E-state index is -0.277. The van der Waals surface area contributed by atoms with Crippen LogP contribution >= 0.6 is 11.6 Å². The second-order valence-electron chi connectivity index (χ2n) is 9.78. The molecule has 0 saturated heterocycles. The Morgan fingerprint density at radius 3 is 1.70 bits per heavy atom. The van der Waals surface area contributed by atoms with Crippen LogP contribution in [0.1, 0.15) is 64.9 Å². The van der Waals surface area contributed by atoms with Gasteiger partial charge in [-0.05, 0) is 41.4 Å². The van der Waals surface area contributed by atoms with Crippen LogP contribution in [0.2, 0.25) is 5.02 Å². The maximum Gasteiger partial charge on any atom is 0.162 e. The third-order valence-corrected chi connectivity index (χ3v) is 6.17. The van der Waals surface area contributed by atoms with E-state index in [-0.39, 0.29) is 28.3 Å². The van der Waals surface area contributed by atoms with E-state index < -0.39 is 0 Å². The van der Waals surface area contributed by atoms with Gasteiger partial charge in [0, 0.05) is 46.3 Å². The lowest BCUT2D eigenvalue weighted by Crippen LogP contribution is -2.42. The topological polar surface area (TPSA) is 46.2 Å². The number of carbonyl (C=O) groups is 2. The van der Waals surface area contributed by atoms with E-state index >= 15 is 0 Å². The Morgan fingerprint density at radius 2 is 1.26 bits per heavy atom. The average molecular weight is 384 g/mol. The molecular weight excluding hydrogens is 358 g/mol. The highest BCUT2D eigenvalue weighted by Crippen LogP contribution is 2.50. The van der Waals surface area contributed by atoms with Gasteiger partial charge < -0.3 is 5.32 Å². The normalized spacial score (nSPS) is 24.5. The Bertz CT molecular complexity index is 851. The average Bonchev–Trinajstić information content (AvgIpc) is 2.51. The van der Waals surface area contributed by atoms with Crippen molar-refractivity contribution in [3.8, 4) is 0 Å². The fraction of sp³-hybridized carbons (Fsp3) is 0.478. The zero-order valence-corrected chi connectivity index (χ0v) is 17.2. The molecule has 27 heavy (non-hydrogen) atoms. The van der Waals surface area contributed by atoms with Gasteiger partial charge in [0.15, 0.2) is 11.6 Å². The molecule has 1 aromatic rings. The molecule has 1 heterocycles. The van der Waals surface area contributed by atoms with Crippen molar-refractivity contribution in [2.24, 2.45) is 10.8 Å². The summed E-state index contributed by atoms with van der Waals surface area (Å²) in [7, 11) is 0. The molecule has 4 heteroatoms. The van der Waals surface area contributed by atoms with Crippen molar-refractivity contribution in [2.75, 3.05) is 0 Å². The fourth-order valence-electron chi connectivity index (χ4n) is 4.88. The van der Waals surface area contributed by atoms with E-state index in [1.807, 2.05) is 24.3 Å². The van der Waals surface area contributed by atoms with Crippen molar-refractivity contribution < 1.29 is 9.59 Å². The summed E-state index contributed by atoms with van der Waals surface area (Å²) >= 11 is 6.09. The van der Waals surface area contributed by atoms with Gasteiger partial charge in [-0.2, -0.15) is 0 Å². The molecule has 0 fully saturated rings. The number of allylic oxidation sites excluding steroid dienone is 4. The number of ketones is 2. The largest absolute Gasteiger partial charge is 0.362 e. The van der Waals surface area contributed by atoms with Crippen molar-refractivity contribution in [3.63, 3.8) is 0 Å². The minimum Gasteiger partial charge on any atom is -0.362 e. The van der Waals surface area contributed by atoms with Crippen LogP contribution in [-0.2, 0) is 9.59 Å². The number of benzene rings is 1. The van der Waals surface area contributed by atoms with E-state index in [0.717, 1.165) is 40.9 Å². The van der Waals surface area contributed by atoms with Crippen molar-refractivity contribution in [2.45, 2.75) is 59.3 Å². The molecule has 0 aromatic heterocycles. The Labute approximate surface area is 165 Å². The predicted molar refractivity (Wildman–Crippen MR) is 107 cm³/mol. The lowest BCUT2D eigenvalue weighted by molar-refractivity contribution is -0.119. The maximum absolute atomic E-state index is 13.1. The summed E-state index contributed by atoms with van der Waals surface area (Å²) < 4.78 is 0. The summed E-state index contributed by atoms with van der Waals surface area (Å²) in [6.45, 7) is 8.53. The first-order valence-corrected chi connectivity index (χ1v) is 9.99. The molecule has 0 atom stereocenters. The first-order chi connectivity index (χ1) is 12.6. The second kappa shape index (κ2) is 6.07. The number of rotatable bonds is 1. The lowest BCUT2D eigenvalue weighted by atomic mass is 9.64. The Kier molecular flexibility index (Phi) is 4.15. The first-order valence-electron chi connectivity index (χ1n) is 9.61. The van der Waals surface area contributed by atoms with Crippen molar-refractivity contribution in [3.05, 3.63) is 57.4 Å². The molecule has 4 rings (SSSR count). The van der Waals surface area contributed by atoms with Crippen molar-refractivity contribution in [1.82, 2.24) is 5.32 Å². The van der Waals surface area contributed by atoms with Crippen LogP contribution in [0, 0.1) is 10.8 Å². The fourth-order valence-corrected chi connectivity index (χ4v) is 5.00. The summed E-state index contributed by atoms with van der Waals surface area (Å²) in [5.74, 6) is 0.0245. The van der Waals surface area contributed by atoms with Gasteiger partial charge in [0.05, 0.1) is 0 Å². The van der Waals surface area contributed by atoms with Gasteiger partial charge in [-0.15, -0.1) is 0 Å². The number of hydrogen-bond acceptors (Lipinski definition) is 3. The van der Waals surface area contributed by atoms with Crippen LogP contribution in [0.15, 0.2) is 46.8 Å². The van der Waals surface area contributed by atoms with E-state index in [4.69, 9.17) is 11.6 Å². The molecule has 0 amide bonds. The van der Waals surface area contributed by atoms with Crippen LogP contribution in [0.3, 0.4) is 0 Å². The SMILES string of the molecule is CC1(C)CC(=O)C2=C(C1)NC1=C(C(=O)CC(C)(C)C1)C2c1ccc(Cl)cc1. The summed E-state index contributed by atoms with van der Waals surface area (Å²) in [6, 6.07) is 7.59. The minimum absolute atomic E-state index is 0.0697. The second-order valence-corrected chi connectivity index (χ2v) is 10.2. The van der Waals surface area contributed by atoms with Gasteiger partial charge in [-0.25, -0.2) is 0 Å². The van der Waals surface area contributed by atoms with E-state index in [1.165, 1.54) is 0 Å². The van der Waals surface area contributed by atoms with E-state index in [2.05, 4.69) is 33.0 Å². The lowest BCUT2D eigenvalue weighted by Gasteiger charge is -2.44. The molecule has 1 aliphatic heterocycles. The highest BCUT2D eigenvalue weighted by molar-refractivity contribution is 6.30. The van der Waals surface area contributed by atoms with Gasteiger partial charge in [0.1, 0.15) is 0 Å². The summed E-state index contributed by atoms with van der Waals surface area (Å²) in [5, 5.41) is 4.19. The van der Waals surface area contributed by atoms with Gasteiger partial charge in [-0.1, -0.05) is 51.4 Å². The number of dihydropyridines is 1. The Hall–Kier alpha value is -1.87. The molecule has 0 bridgehead atoms.